The van der Waals surface area contributed by atoms with Gasteiger partial charge in [-0.3, -0.25) is 14.5 Å². The molecule has 35 heavy (non-hydrogen) atoms. The Morgan fingerprint density at radius 1 is 1.17 bits per heavy atom. The topological polar surface area (TPSA) is 80.9 Å². The van der Waals surface area contributed by atoms with E-state index in [-0.39, 0.29) is 11.5 Å². The molecule has 1 aliphatic heterocycles. The molecule has 3 aromatic rings. The Labute approximate surface area is 205 Å². The lowest BCUT2D eigenvalue weighted by molar-refractivity contribution is 0.0955. The minimum Gasteiger partial charge on any atom is -0.497 e. The van der Waals surface area contributed by atoms with Crippen LogP contribution in [0.5, 0.6) is 5.75 Å². The average Bonchev–Trinajstić information content (AvgIpc) is 3.34. The molecule has 1 aliphatic carbocycles. The molecule has 8 heteroatoms. The van der Waals surface area contributed by atoms with Crippen LogP contribution in [-0.4, -0.2) is 45.2 Å². The molecule has 1 N–H and O–H groups in total. The molecular formula is C27H33N5O3. The fraction of sp³-hybridized carbons (Fsp3) is 0.444. The van der Waals surface area contributed by atoms with Crippen molar-refractivity contribution in [3.8, 4) is 5.75 Å². The number of benzene rings is 1. The van der Waals surface area contributed by atoms with Gasteiger partial charge < -0.3 is 14.6 Å². The van der Waals surface area contributed by atoms with Gasteiger partial charge in [-0.1, -0.05) is 23.8 Å². The first kappa shape index (κ1) is 23.4. The van der Waals surface area contributed by atoms with Crippen molar-refractivity contribution in [3.05, 3.63) is 74.8 Å². The fourth-order valence-corrected chi connectivity index (χ4v) is 5.29. The van der Waals surface area contributed by atoms with Crippen LogP contribution < -0.4 is 15.6 Å². The Hall–Kier alpha value is -3.39. The van der Waals surface area contributed by atoms with E-state index in [1.54, 1.807) is 7.11 Å². The van der Waals surface area contributed by atoms with Gasteiger partial charge in [0, 0.05) is 45.3 Å². The molecule has 2 aromatic heterocycles. The molecule has 0 bridgehead atoms. The van der Waals surface area contributed by atoms with Gasteiger partial charge >= 0.3 is 0 Å². The van der Waals surface area contributed by atoms with Crippen LogP contribution in [0.3, 0.4) is 0 Å². The molecule has 5 rings (SSSR count). The van der Waals surface area contributed by atoms with Crippen molar-refractivity contribution in [1.82, 2.24) is 24.4 Å². The van der Waals surface area contributed by atoms with Crippen molar-refractivity contribution in [2.75, 3.05) is 20.2 Å². The number of nitrogens with zero attached hydrogens (tertiary/aromatic N) is 4. The van der Waals surface area contributed by atoms with Gasteiger partial charge in [0.2, 0.25) is 0 Å². The van der Waals surface area contributed by atoms with Crippen molar-refractivity contribution in [2.24, 2.45) is 7.05 Å². The summed E-state index contributed by atoms with van der Waals surface area (Å²) in [6.07, 6.45) is 10.2. The largest absolute Gasteiger partial charge is 0.497 e. The van der Waals surface area contributed by atoms with E-state index in [1.165, 1.54) is 34.7 Å². The van der Waals surface area contributed by atoms with E-state index in [9.17, 15) is 9.59 Å². The summed E-state index contributed by atoms with van der Waals surface area (Å²) < 4.78 is 8.61. The van der Waals surface area contributed by atoms with Crippen LogP contribution in [0.4, 0.5) is 0 Å². The summed E-state index contributed by atoms with van der Waals surface area (Å²) in [5.41, 5.74) is 5.21. The van der Waals surface area contributed by atoms with E-state index in [4.69, 9.17) is 4.74 Å². The smallest absolute Gasteiger partial charge is 0.279 e. The highest BCUT2D eigenvalue weighted by molar-refractivity contribution is 5.99. The zero-order valence-electron chi connectivity index (χ0n) is 20.5. The van der Waals surface area contributed by atoms with Crippen LogP contribution in [0.15, 0.2) is 46.9 Å². The molecule has 184 valence electrons. The molecule has 0 saturated heterocycles. The first-order valence-electron chi connectivity index (χ1n) is 12.4. The number of fused-ring (bicyclic) bond motifs is 2. The van der Waals surface area contributed by atoms with Gasteiger partial charge in [-0.2, -0.15) is 9.61 Å². The maximum Gasteiger partial charge on any atom is 0.279 e. The molecule has 1 aromatic carbocycles. The molecule has 0 spiro atoms. The highest BCUT2D eigenvalue weighted by Crippen LogP contribution is 2.22. The first-order chi connectivity index (χ1) is 17.0. The second kappa shape index (κ2) is 10.1. The number of rotatable bonds is 7. The van der Waals surface area contributed by atoms with Crippen LogP contribution >= 0.6 is 0 Å². The highest BCUT2D eigenvalue weighted by Gasteiger charge is 2.26. The van der Waals surface area contributed by atoms with E-state index in [2.05, 4.69) is 33.5 Å². The van der Waals surface area contributed by atoms with Crippen molar-refractivity contribution >= 4 is 11.6 Å². The number of methoxy groups -OCH3 is 1. The lowest BCUT2D eigenvalue weighted by Gasteiger charge is -2.30. The normalized spacial score (nSPS) is 16.1. The zero-order valence-corrected chi connectivity index (χ0v) is 20.5. The number of hydrogen-bond acceptors (Lipinski definition) is 5. The van der Waals surface area contributed by atoms with Gasteiger partial charge in [-0.25, -0.2) is 0 Å². The lowest BCUT2D eigenvalue weighted by Crippen LogP contribution is -2.38. The average molecular weight is 476 g/mol. The molecule has 8 nitrogen and oxygen atoms in total. The number of hydrogen-bond donors (Lipinski definition) is 1. The summed E-state index contributed by atoms with van der Waals surface area (Å²) >= 11 is 0. The monoisotopic (exact) mass is 475 g/mol. The van der Waals surface area contributed by atoms with Gasteiger partial charge in [0.05, 0.1) is 18.9 Å². The zero-order chi connectivity index (χ0) is 24.4. The third-order valence-electron chi connectivity index (χ3n) is 7.24. The highest BCUT2D eigenvalue weighted by atomic mass is 16.5. The second-order valence-electron chi connectivity index (χ2n) is 9.51. The summed E-state index contributed by atoms with van der Waals surface area (Å²) in [6, 6.07) is 8.02. The molecule has 1 amide bonds. The minimum absolute atomic E-state index is 0.140. The van der Waals surface area contributed by atoms with Crippen LogP contribution in [0.25, 0.3) is 5.65 Å². The molecule has 0 radical (unpaired) electrons. The fourth-order valence-electron chi connectivity index (χ4n) is 5.29. The summed E-state index contributed by atoms with van der Waals surface area (Å²) in [5.74, 6) is 0.655. The number of aromatic nitrogens is 3. The Morgan fingerprint density at radius 3 is 2.74 bits per heavy atom. The molecule has 0 fully saturated rings. The third kappa shape index (κ3) is 4.75. The number of amides is 1. The summed E-state index contributed by atoms with van der Waals surface area (Å²) in [4.78, 5) is 28.6. The van der Waals surface area contributed by atoms with Gasteiger partial charge in [-0.05, 0) is 49.8 Å². The lowest BCUT2D eigenvalue weighted by atomic mass is 9.97. The first-order valence-corrected chi connectivity index (χ1v) is 12.4. The van der Waals surface area contributed by atoms with Crippen LogP contribution in [0.1, 0.15) is 59.3 Å². The summed E-state index contributed by atoms with van der Waals surface area (Å²) in [7, 11) is 3.59. The van der Waals surface area contributed by atoms with E-state index in [0.29, 0.717) is 24.3 Å². The molecular weight excluding hydrogens is 442 g/mol. The van der Waals surface area contributed by atoms with E-state index < -0.39 is 0 Å². The van der Waals surface area contributed by atoms with Gasteiger partial charge in [-0.15, -0.1) is 0 Å². The van der Waals surface area contributed by atoms with Gasteiger partial charge in [0.1, 0.15) is 11.3 Å². The molecule has 3 heterocycles. The predicted molar refractivity (Wildman–Crippen MR) is 135 cm³/mol. The second-order valence-corrected chi connectivity index (χ2v) is 9.51. The number of carbonyl (C=O) groups is 1. The van der Waals surface area contributed by atoms with E-state index in [1.807, 2.05) is 23.7 Å². The summed E-state index contributed by atoms with van der Waals surface area (Å²) in [6.45, 7) is 2.75. The predicted octanol–water partition coefficient (Wildman–Crippen LogP) is 3.22. The number of nitrogens with one attached hydrogen (secondary N) is 1. The Morgan fingerprint density at radius 2 is 2.00 bits per heavy atom. The quantitative estimate of drug-likeness (QED) is 0.531. The van der Waals surface area contributed by atoms with Crippen molar-refractivity contribution in [1.29, 1.82) is 0 Å². The number of aryl methyl sites for hydroxylation is 1. The van der Waals surface area contributed by atoms with Crippen LogP contribution in [0.2, 0.25) is 0 Å². The van der Waals surface area contributed by atoms with Gasteiger partial charge in [0.25, 0.3) is 11.5 Å². The molecule has 0 saturated carbocycles. The van der Waals surface area contributed by atoms with Crippen LogP contribution in [-0.2, 0) is 26.6 Å². The summed E-state index contributed by atoms with van der Waals surface area (Å²) in [5, 5.41) is 7.34. The third-order valence-corrected chi connectivity index (χ3v) is 7.24. The molecule has 0 unspecified atom stereocenters. The molecule has 0 atom stereocenters. The number of allylic oxidation sites excluding steroid dienone is 1. The minimum atomic E-state index is -0.177. The number of ether oxygens (including phenoxy) is 1. The Balaban J connectivity index is 1.33. The Kier molecular flexibility index (Phi) is 6.72. The maximum atomic E-state index is 13.4. The van der Waals surface area contributed by atoms with E-state index >= 15 is 0 Å². The van der Waals surface area contributed by atoms with E-state index in [0.717, 1.165) is 55.8 Å². The van der Waals surface area contributed by atoms with Crippen molar-refractivity contribution < 1.29 is 9.53 Å². The number of carbonyl (C=O) groups excluding carboxylic acids is 1. The van der Waals surface area contributed by atoms with Crippen molar-refractivity contribution in [3.63, 3.8) is 0 Å². The van der Waals surface area contributed by atoms with Gasteiger partial charge in [0.15, 0.2) is 5.65 Å². The van der Waals surface area contributed by atoms with Crippen molar-refractivity contribution in [2.45, 2.75) is 51.6 Å². The molecule has 2 aliphatic rings. The Bertz CT molecular complexity index is 1320. The maximum absolute atomic E-state index is 13.4. The SMILES string of the molecule is COc1ccc(CN2CCc3c(c(=O)n4ncc(C(=O)NCCC5=CCCCC5)c4n3C)C2)cc1. The standard InChI is InChI=1S/C27H33N5O3/c1-30-24-13-15-31(17-20-8-10-21(35-2)11-9-20)18-23(24)27(34)32-26(30)22(16-29-32)25(33)28-14-12-19-6-4-3-5-7-19/h6,8-11,16H,3-5,7,12-15,17-18H2,1-2H3,(H,28,33). The van der Waals surface area contributed by atoms with Crippen LogP contribution in [0, 0.1) is 0 Å².